The van der Waals surface area contributed by atoms with Crippen LogP contribution in [0, 0.1) is 0 Å². The second-order valence-electron chi connectivity index (χ2n) is 3.91. The van der Waals surface area contributed by atoms with Gasteiger partial charge in [0.1, 0.15) is 0 Å². The number of amides is 2. The van der Waals surface area contributed by atoms with E-state index in [4.69, 9.17) is 5.84 Å². The number of anilines is 1. The molecule has 0 aromatic heterocycles. The van der Waals surface area contributed by atoms with E-state index in [1.54, 1.807) is 11.8 Å². The molecule has 5 nitrogen and oxygen atoms in total. The van der Waals surface area contributed by atoms with Crippen LogP contribution in [0.2, 0.25) is 0 Å². The zero-order chi connectivity index (χ0) is 13.5. The van der Waals surface area contributed by atoms with Crippen LogP contribution in [0.25, 0.3) is 0 Å². The number of nitrogens with one attached hydrogen (secondary N) is 2. The molecule has 18 heavy (non-hydrogen) atoms. The molecule has 0 aliphatic rings. The van der Waals surface area contributed by atoms with Gasteiger partial charge in [0.15, 0.2) is 0 Å². The van der Waals surface area contributed by atoms with Gasteiger partial charge in [-0.1, -0.05) is 6.92 Å². The number of hydrazine groups is 1. The third-order valence-electron chi connectivity index (χ3n) is 2.15. The number of nitrogens with two attached hydrogens (primary N) is 1. The van der Waals surface area contributed by atoms with Crippen molar-refractivity contribution >= 4 is 29.3 Å². The lowest BCUT2D eigenvalue weighted by Crippen LogP contribution is -2.31. The molecule has 0 spiro atoms. The Kier molecular flexibility index (Phi) is 5.67. The maximum atomic E-state index is 11.1. The Morgan fingerprint density at radius 1 is 1.33 bits per heavy atom. The van der Waals surface area contributed by atoms with Crippen molar-refractivity contribution in [2.45, 2.75) is 30.4 Å². The van der Waals surface area contributed by atoms with Crippen LogP contribution in [0.15, 0.2) is 29.2 Å². The summed E-state index contributed by atoms with van der Waals surface area (Å²) in [6.07, 6.45) is 0.370. The van der Waals surface area contributed by atoms with E-state index in [9.17, 15) is 9.59 Å². The van der Waals surface area contributed by atoms with E-state index >= 15 is 0 Å². The topological polar surface area (TPSA) is 84.2 Å². The summed E-state index contributed by atoms with van der Waals surface area (Å²) in [6.45, 7) is 3.43. The number of thioether (sulfide) groups is 1. The minimum atomic E-state index is -0.176. The lowest BCUT2D eigenvalue weighted by Gasteiger charge is -2.10. The molecular weight excluding hydrogens is 250 g/mol. The minimum Gasteiger partial charge on any atom is -0.326 e. The first-order valence-corrected chi connectivity index (χ1v) is 6.43. The molecule has 0 saturated carbocycles. The fourth-order valence-corrected chi connectivity index (χ4v) is 2.41. The Hall–Kier alpha value is -1.53. The van der Waals surface area contributed by atoms with Gasteiger partial charge in [0.25, 0.3) is 0 Å². The second kappa shape index (κ2) is 7.03. The molecule has 1 atom stereocenters. The molecule has 0 radical (unpaired) electrons. The lowest BCUT2D eigenvalue weighted by molar-refractivity contribution is -0.121. The molecule has 1 aromatic carbocycles. The number of rotatable bonds is 5. The summed E-state index contributed by atoms with van der Waals surface area (Å²) in [5, 5.41) is 2.84. The third-order valence-corrected chi connectivity index (χ3v) is 3.26. The molecule has 0 aliphatic carbocycles. The first kappa shape index (κ1) is 14.5. The van der Waals surface area contributed by atoms with Crippen LogP contribution in [-0.4, -0.2) is 17.1 Å². The van der Waals surface area contributed by atoms with E-state index in [0.717, 1.165) is 10.6 Å². The first-order valence-electron chi connectivity index (χ1n) is 5.55. The van der Waals surface area contributed by atoms with Gasteiger partial charge in [0, 0.05) is 29.2 Å². The van der Waals surface area contributed by atoms with Gasteiger partial charge >= 0.3 is 0 Å². The van der Waals surface area contributed by atoms with E-state index in [0.29, 0.717) is 6.42 Å². The zero-order valence-corrected chi connectivity index (χ0v) is 11.2. The number of benzene rings is 1. The molecule has 1 unspecified atom stereocenters. The first-order chi connectivity index (χ1) is 8.51. The van der Waals surface area contributed by atoms with Crippen molar-refractivity contribution in [3.8, 4) is 0 Å². The fraction of sp³-hybridized carbons (Fsp3) is 0.333. The van der Waals surface area contributed by atoms with Gasteiger partial charge in [0.05, 0.1) is 0 Å². The fourth-order valence-electron chi connectivity index (χ4n) is 1.41. The Balaban J connectivity index is 2.52. The molecule has 6 heteroatoms. The van der Waals surface area contributed by atoms with Crippen molar-refractivity contribution < 1.29 is 9.59 Å². The molecule has 4 N–H and O–H groups in total. The summed E-state index contributed by atoms with van der Waals surface area (Å²) in [5.74, 6) is 4.76. The third kappa shape index (κ3) is 5.20. The highest BCUT2D eigenvalue weighted by Gasteiger charge is 2.09. The van der Waals surface area contributed by atoms with E-state index in [1.807, 2.05) is 31.2 Å². The average Bonchev–Trinajstić information content (AvgIpc) is 2.30. The lowest BCUT2D eigenvalue weighted by atomic mass is 10.3. The smallest absolute Gasteiger partial charge is 0.234 e. The maximum Gasteiger partial charge on any atom is 0.234 e. The largest absolute Gasteiger partial charge is 0.326 e. The van der Waals surface area contributed by atoms with Crippen molar-refractivity contribution in [1.29, 1.82) is 0 Å². The summed E-state index contributed by atoms with van der Waals surface area (Å²) in [6, 6.07) is 7.48. The Morgan fingerprint density at radius 2 is 1.94 bits per heavy atom. The zero-order valence-electron chi connectivity index (χ0n) is 10.4. The molecular formula is C12H17N3O2S. The highest BCUT2D eigenvalue weighted by atomic mass is 32.2. The van der Waals surface area contributed by atoms with E-state index in [1.165, 1.54) is 6.92 Å². The number of carbonyl (C=O) groups excluding carboxylic acids is 2. The molecule has 2 amide bonds. The van der Waals surface area contributed by atoms with E-state index < -0.39 is 0 Å². The van der Waals surface area contributed by atoms with Crippen molar-refractivity contribution in [3.05, 3.63) is 24.3 Å². The average molecular weight is 267 g/mol. The number of hydrogen-bond donors (Lipinski definition) is 3. The van der Waals surface area contributed by atoms with Crippen LogP contribution in [-0.2, 0) is 9.59 Å². The highest BCUT2D eigenvalue weighted by Crippen LogP contribution is 2.26. The van der Waals surface area contributed by atoms with Crippen molar-refractivity contribution in [3.63, 3.8) is 0 Å². The summed E-state index contributed by atoms with van der Waals surface area (Å²) >= 11 is 1.59. The second-order valence-corrected chi connectivity index (χ2v) is 5.42. The van der Waals surface area contributed by atoms with Crippen LogP contribution >= 0.6 is 11.8 Å². The minimum absolute atomic E-state index is 0.0941. The van der Waals surface area contributed by atoms with Gasteiger partial charge in [-0.05, 0) is 24.3 Å². The highest BCUT2D eigenvalue weighted by molar-refractivity contribution is 8.00. The SMILES string of the molecule is CC(=O)Nc1ccc(SC(C)CC(=O)NN)cc1. The van der Waals surface area contributed by atoms with E-state index in [2.05, 4.69) is 10.7 Å². The van der Waals surface area contributed by atoms with Gasteiger partial charge in [-0.15, -0.1) is 11.8 Å². The molecule has 0 saturated heterocycles. The van der Waals surface area contributed by atoms with Crippen molar-refractivity contribution in [2.24, 2.45) is 5.84 Å². The van der Waals surface area contributed by atoms with Gasteiger partial charge in [-0.25, -0.2) is 5.84 Å². The summed E-state index contributed by atoms with van der Waals surface area (Å²) in [5.41, 5.74) is 2.88. The molecule has 0 bridgehead atoms. The van der Waals surface area contributed by atoms with Gasteiger partial charge in [-0.2, -0.15) is 0 Å². The van der Waals surface area contributed by atoms with E-state index in [-0.39, 0.29) is 17.1 Å². The predicted molar refractivity (Wildman–Crippen MR) is 73.0 cm³/mol. The molecule has 98 valence electrons. The molecule has 0 fully saturated rings. The monoisotopic (exact) mass is 267 g/mol. The van der Waals surface area contributed by atoms with Crippen LogP contribution in [0.3, 0.4) is 0 Å². The molecule has 0 heterocycles. The Bertz CT molecular complexity index is 420. The normalized spacial score (nSPS) is 11.7. The maximum absolute atomic E-state index is 11.1. The summed E-state index contributed by atoms with van der Waals surface area (Å²) < 4.78 is 0. The molecule has 1 rings (SSSR count). The molecule has 0 aliphatic heterocycles. The van der Waals surface area contributed by atoms with Gasteiger partial charge in [0.2, 0.25) is 11.8 Å². The molecule has 1 aromatic rings. The Labute approximate surface area is 110 Å². The van der Waals surface area contributed by atoms with Gasteiger partial charge < -0.3 is 5.32 Å². The summed E-state index contributed by atoms with van der Waals surface area (Å²) in [4.78, 5) is 23.0. The predicted octanol–water partition coefficient (Wildman–Crippen LogP) is 1.51. The number of carbonyl (C=O) groups is 2. The van der Waals surface area contributed by atoms with Crippen LogP contribution < -0.4 is 16.6 Å². The number of hydrogen-bond acceptors (Lipinski definition) is 4. The van der Waals surface area contributed by atoms with Crippen LogP contribution in [0.4, 0.5) is 5.69 Å². The summed E-state index contributed by atoms with van der Waals surface area (Å²) in [7, 11) is 0. The van der Waals surface area contributed by atoms with Crippen molar-refractivity contribution in [1.82, 2.24) is 5.43 Å². The van der Waals surface area contributed by atoms with Gasteiger partial charge in [-0.3, -0.25) is 15.0 Å². The van der Waals surface area contributed by atoms with Crippen LogP contribution in [0.5, 0.6) is 0 Å². The van der Waals surface area contributed by atoms with Crippen molar-refractivity contribution in [2.75, 3.05) is 5.32 Å². The standard InChI is InChI=1S/C12H17N3O2S/c1-8(7-12(17)15-13)18-11-5-3-10(4-6-11)14-9(2)16/h3-6,8H,7,13H2,1-2H3,(H,14,16)(H,15,17). The van der Waals surface area contributed by atoms with Crippen LogP contribution in [0.1, 0.15) is 20.3 Å². The quantitative estimate of drug-likeness (QED) is 0.327. The Morgan fingerprint density at radius 3 is 2.44 bits per heavy atom.